The fourth-order valence-corrected chi connectivity index (χ4v) is 2.40. The first kappa shape index (κ1) is 16.3. The summed E-state index contributed by atoms with van der Waals surface area (Å²) in [6.07, 6.45) is 2.28. The third-order valence-electron chi connectivity index (χ3n) is 4.89. The number of nitrogens with zero attached hydrogens (tertiary/aromatic N) is 1. The van der Waals surface area contributed by atoms with E-state index in [1.54, 1.807) is 0 Å². The van der Waals surface area contributed by atoms with Crippen molar-refractivity contribution in [3.8, 4) is 0 Å². The molecule has 0 aliphatic rings. The number of aromatic amines is 1. The van der Waals surface area contributed by atoms with Gasteiger partial charge in [-0.05, 0) is 24.7 Å². The van der Waals surface area contributed by atoms with Gasteiger partial charge in [0.1, 0.15) is 5.82 Å². The van der Waals surface area contributed by atoms with E-state index in [0.717, 1.165) is 12.8 Å². The van der Waals surface area contributed by atoms with E-state index in [9.17, 15) is 0 Å². The van der Waals surface area contributed by atoms with Crippen molar-refractivity contribution in [2.24, 2.45) is 5.92 Å². The predicted octanol–water partition coefficient (Wildman–Crippen LogP) is 5.37. The quantitative estimate of drug-likeness (QED) is 0.735. The van der Waals surface area contributed by atoms with Gasteiger partial charge in [-0.3, -0.25) is 0 Å². The van der Waals surface area contributed by atoms with Crippen molar-refractivity contribution in [1.29, 1.82) is 0 Å². The molecule has 1 N–H and O–H groups in total. The summed E-state index contributed by atoms with van der Waals surface area (Å²) in [4.78, 5) is 8.64. The molecule has 1 rings (SSSR count). The summed E-state index contributed by atoms with van der Waals surface area (Å²) in [6.45, 7) is 18.2. The normalized spacial score (nSPS) is 14.4. The molecule has 0 bridgehead atoms. The fraction of sp³-hybridized carbons (Fsp3) is 0.824. The van der Waals surface area contributed by atoms with Crippen molar-refractivity contribution >= 4 is 0 Å². The third kappa shape index (κ3) is 3.21. The van der Waals surface area contributed by atoms with Crippen molar-refractivity contribution in [2.45, 2.75) is 85.5 Å². The Kier molecular flexibility index (Phi) is 5.23. The molecule has 2 heteroatoms. The lowest BCUT2D eigenvalue weighted by Gasteiger charge is -2.26. The highest BCUT2D eigenvalue weighted by Crippen LogP contribution is 2.36. The van der Waals surface area contributed by atoms with E-state index >= 15 is 0 Å². The van der Waals surface area contributed by atoms with Crippen LogP contribution < -0.4 is 0 Å². The zero-order chi connectivity index (χ0) is 14.8. The molecule has 0 saturated carbocycles. The number of H-pyrrole nitrogens is 1. The number of nitrogens with one attached hydrogen (secondary N) is 1. The van der Waals surface area contributed by atoms with Gasteiger partial charge in [-0.1, -0.05) is 55.4 Å². The molecule has 0 amide bonds. The molecule has 0 aromatic carbocycles. The van der Waals surface area contributed by atoms with Crippen LogP contribution in [-0.2, 0) is 5.41 Å². The van der Waals surface area contributed by atoms with E-state index in [-0.39, 0.29) is 5.41 Å². The Morgan fingerprint density at radius 2 is 1.58 bits per heavy atom. The first-order valence-electron chi connectivity index (χ1n) is 7.87. The van der Waals surface area contributed by atoms with Crippen molar-refractivity contribution < 1.29 is 0 Å². The molecule has 19 heavy (non-hydrogen) atoms. The Balaban J connectivity index is 3.30. The Bertz CT molecular complexity index is 397. The van der Waals surface area contributed by atoms with E-state index in [1.165, 1.54) is 17.2 Å². The zero-order valence-corrected chi connectivity index (χ0v) is 14.1. The van der Waals surface area contributed by atoms with Crippen molar-refractivity contribution in [2.75, 3.05) is 0 Å². The standard InChI is InChI=1S/C17H32N2/c1-9-17(8,10-2)15-14(12(5)6)18-16(19-15)13(7)11(3)4/h11-13H,9-10H2,1-8H3,(H,18,19). The molecule has 0 fully saturated rings. The molecule has 0 radical (unpaired) electrons. The van der Waals surface area contributed by atoms with Crippen LogP contribution in [0.15, 0.2) is 0 Å². The summed E-state index contributed by atoms with van der Waals surface area (Å²) in [5.74, 6) is 2.78. The highest BCUT2D eigenvalue weighted by atomic mass is 15.0. The first-order chi connectivity index (χ1) is 8.76. The van der Waals surface area contributed by atoms with Crippen LogP contribution >= 0.6 is 0 Å². The van der Waals surface area contributed by atoms with Crippen LogP contribution in [0.25, 0.3) is 0 Å². The van der Waals surface area contributed by atoms with Gasteiger partial charge in [0.05, 0.1) is 5.69 Å². The van der Waals surface area contributed by atoms with Crippen LogP contribution in [0.1, 0.15) is 97.3 Å². The molecule has 1 atom stereocenters. The maximum atomic E-state index is 5.01. The Labute approximate surface area is 119 Å². The molecule has 0 aliphatic carbocycles. The summed E-state index contributed by atoms with van der Waals surface area (Å²) in [7, 11) is 0. The Morgan fingerprint density at radius 3 is 1.95 bits per heavy atom. The minimum atomic E-state index is 0.199. The second kappa shape index (κ2) is 6.11. The van der Waals surface area contributed by atoms with Gasteiger partial charge in [-0.25, -0.2) is 4.98 Å². The van der Waals surface area contributed by atoms with Gasteiger partial charge in [0.15, 0.2) is 0 Å². The van der Waals surface area contributed by atoms with Gasteiger partial charge in [0.25, 0.3) is 0 Å². The summed E-state index contributed by atoms with van der Waals surface area (Å²) in [5, 5.41) is 0. The molecule has 2 nitrogen and oxygen atoms in total. The van der Waals surface area contributed by atoms with E-state index < -0.39 is 0 Å². The van der Waals surface area contributed by atoms with Crippen molar-refractivity contribution in [3.63, 3.8) is 0 Å². The zero-order valence-electron chi connectivity index (χ0n) is 14.1. The monoisotopic (exact) mass is 264 g/mol. The molecule has 110 valence electrons. The molecule has 1 heterocycles. The Morgan fingerprint density at radius 1 is 1.05 bits per heavy atom. The van der Waals surface area contributed by atoms with E-state index in [2.05, 4.69) is 60.4 Å². The van der Waals surface area contributed by atoms with Gasteiger partial charge in [-0.15, -0.1) is 0 Å². The highest BCUT2D eigenvalue weighted by molar-refractivity contribution is 5.27. The SMILES string of the molecule is CCC(C)(CC)c1nc(C(C)C(C)C)[nH]c1C(C)C. The lowest BCUT2D eigenvalue weighted by molar-refractivity contribution is 0.419. The number of hydrogen-bond donors (Lipinski definition) is 1. The van der Waals surface area contributed by atoms with Crippen LogP contribution in [0.3, 0.4) is 0 Å². The van der Waals surface area contributed by atoms with Crippen molar-refractivity contribution in [1.82, 2.24) is 9.97 Å². The number of imidazole rings is 1. The van der Waals surface area contributed by atoms with Crippen LogP contribution in [0.4, 0.5) is 0 Å². The summed E-state index contributed by atoms with van der Waals surface area (Å²) < 4.78 is 0. The lowest BCUT2D eigenvalue weighted by Crippen LogP contribution is -2.22. The number of rotatable bonds is 6. The Hall–Kier alpha value is -0.790. The molecule has 1 aromatic rings. The summed E-state index contributed by atoms with van der Waals surface area (Å²) in [5.41, 5.74) is 2.84. The second-order valence-corrected chi connectivity index (χ2v) is 6.84. The molecule has 0 spiro atoms. The smallest absolute Gasteiger partial charge is 0.109 e. The van der Waals surface area contributed by atoms with Crippen LogP contribution in [-0.4, -0.2) is 9.97 Å². The minimum absolute atomic E-state index is 0.199. The first-order valence-corrected chi connectivity index (χ1v) is 7.87. The predicted molar refractivity (Wildman–Crippen MR) is 83.9 cm³/mol. The average Bonchev–Trinajstić information content (AvgIpc) is 2.82. The largest absolute Gasteiger partial charge is 0.345 e. The summed E-state index contributed by atoms with van der Waals surface area (Å²) >= 11 is 0. The lowest BCUT2D eigenvalue weighted by atomic mass is 9.79. The molecular weight excluding hydrogens is 232 g/mol. The van der Waals surface area contributed by atoms with Crippen molar-refractivity contribution in [3.05, 3.63) is 17.2 Å². The minimum Gasteiger partial charge on any atom is -0.345 e. The molecular formula is C17H32N2. The number of aromatic nitrogens is 2. The molecule has 1 unspecified atom stereocenters. The van der Waals surface area contributed by atoms with Crippen LogP contribution in [0.2, 0.25) is 0 Å². The van der Waals surface area contributed by atoms with Crippen LogP contribution in [0.5, 0.6) is 0 Å². The van der Waals surface area contributed by atoms with Crippen LogP contribution in [0, 0.1) is 5.92 Å². The van der Waals surface area contributed by atoms with Gasteiger partial charge in [-0.2, -0.15) is 0 Å². The van der Waals surface area contributed by atoms with Gasteiger partial charge in [0.2, 0.25) is 0 Å². The van der Waals surface area contributed by atoms with Gasteiger partial charge >= 0.3 is 0 Å². The fourth-order valence-electron chi connectivity index (χ4n) is 2.40. The molecule has 0 saturated heterocycles. The molecule has 0 aliphatic heterocycles. The number of hydrogen-bond acceptors (Lipinski definition) is 1. The van der Waals surface area contributed by atoms with Gasteiger partial charge < -0.3 is 4.98 Å². The van der Waals surface area contributed by atoms with E-state index in [1.807, 2.05) is 0 Å². The summed E-state index contributed by atoms with van der Waals surface area (Å²) in [6, 6.07) is 0. The average molecular weight is 264 g/mol. The maximum Gasteiger partial charge on any atom is 0.109 e. The van der Waals surface area contributed by atoms with E-state index in [0.29, 0.717) is 17.8 Å². The van der Waals surface area contributed by atoms with E-state index in [4.69, 9.17) is 4.98 Å². The van der Waals surface area contributed by atoms with Gasteiger partial charge in [0, 0.05) is 17.0 Å². The highest BCUT2D eigenvalue weighted by Gasteiger charge is 2.31. The maximum absolute atomic E-state index is 5.01. The molecule has 1 aromatic heterocycles. The second-order valence-electron chi connectivity index (χ2n) is 6.84. The third-order valence-corrected chi connectivity index (χ3v) is 4.89. The topological polar surface area (TPSA) is 28.7 Å².